The number of aromatic hydroxyl groups is 1. The molecule has 1 aromatic carbocycles. The number of esters is 1. The van der Waals surface area contributed by atoms with E-state index in [-0.39, 0.29) is 24.4 Å². The fourth-order valence-corrected chi connectivity index (χ4v) is 2.16. The molecule has 1 aromatic rings. The van der Waals surface area contributed by atoms with Crippen molar-refractivity contribution >= 4 is 5.97 Å². The molecule has 4 heteroatoms. The molecule has 0 fully saturated rings. The summed E-state index contributed by atoms with van der Waals surface area (Å²) < 4.78 is 10.9. The van der Waals surface area contributed by atoms with Crippen molar-refractivity contribution in [2.75, 3.05) is 6.61 Å². The molecule has 0 bridgehead atoms. The van der Waals surface area contributed by atoms with Crippen molar-refractivity contribution in [3.63, 3.8) is 0 Å². The van der Waals surface area contributed by atoms with E-state index in [2.05, 4.69) is 0 Å². The summed E-state index contributed by atoms with van der Waals surface area (Å²) in [6.07, 6.45) is 0.576. The van der Waals surface area contributed by atoms with Crippen LogP contribution in [0.15, 0.2) is 0 Å². The Hall–Kier alpha value is -1.71. The van der Waals surface area contributed by atoms with E-state index in [1.54, 1.807) is 0 Å². The summed E-state index contributed by atoms with van der Waals surface area (Å²) >= 11 is 0. The van der Waals surface area contributed by atoms with Gasteiger partial charge >= 0.3 is 5.97 Å². The average molecular weight is 280 g/mol. The molecule has 0 radical (unpaired) electrons. The number of rotatable bonds is 5. The highest BCUT2D eigenvalue weighted by atomic mass is 16.5. The molecular formula is C16H24O4. The molecule has 0 aliphatic heterocycles. The number of carbonyl (C=O) groups is 1. The number of hydrogen-bond acceptors (Lipinski definition) is 4. The topological polar surface area (TPSA) is 55.8 Å². The zero-order valence-electron chi connectivity index (χ0n) is 13.2. The molecular weight excluding hydrogens is 256 g/mol. The number of carbonyl (C=O) groups excluding carboxylic acids is 1. The lowest BCUT2D eigenvalue weighted by Crippen LogP contribution is -2.13. The van der Waals surface area contributed by atoms with Crippen LogP contribution in [0.4, 0.5) is 0 Å². The lowest BCUT2D eigenvalue weighted by Gasteiger charge is -2.21. The quantitative estimate of drug-likeness (QED) is 0.841. The lowest BCUT2D eigenvalue weighted by molar-refractivity contribution is -0.140. The van der Waals surface area contributed by atoms with E-state index in [9.17, 15) is 9.90 Å². The molecule has 4 nitrogen and oxygen atoms in total. The van der Waals surface area contributed by atoms with Gasteiger partial charge in [0.15, 0.2) is 0 Å². The zero-order chi connectivity index (χ0) is 15.4. The Morgan fingerprint density at radius 3 is 2.25 bits per heavy atom. The van der Waals surface area contributed by atoms with E-state index >= 15 is 0 Å². The SMILES string of the molecule is CC(=O)OCCc1c(C)c(O)c(C)c(C)c1OC(C)C. The second-order valence-electron chi connectivity index (χ2n) is 5.29. The first-order valence-electron chi connectivity index (χ1n) is 6.87. The van der Waals surface area contributed by atoms with Crippen molar-refractivity contribution in [1.29, 1.82) is 0 Å². The average Bonchev–Trinajstić information content (AvgIpc) is 2.36. The van der Waals surface area contributed by atoms with Gasteiger partial charge in [0.2, 0.25) is 0 Å². The number of ether oxygens (including phenoxy) is 2. The molecule has 0 heterocycles. The monoisotopic (exact) mass is 280 g/mol. The van der Waals surface area contributed by atoms with Gasteiger partial charge in [-0.3, -0.25) is 4.79 Å². The molecule has 0 spiro atoms. The third-order valence-corrected chi connectivity index (χ3v) is 3.35. The highest BCUT2D eigenvalue weighted by Crippen LogP contribution is 2.37. The first-order chi connectivity index (χ1) is 9.25. The van der Waals surface area contributed by atoms with Crippen LogP contribution in [0.1, 0.15) is 43.0 Å². The Bertz CT molecular complexity index is 504. The van der Waals surface area contributed by atoms with Gasteiger partial charge in [0.1, 0.15) is 11.5 Å². The standard InChI is InChI=1S/C16H24O4/c1-9(2)20-16-11(4)10(3)15(18)12(5)14(16)7-8-19-13(6)17/h9,18H,7-8H2,1-6H3. The molecule has 0 aliphatic rings. The van der Waals surface area contributed by atoms with Crippen molar-refractivity contribution < 1.29 is 19.4 Å². The van der Waals surface area contributed by atoms with E-state index in [1.165, 1.54) is 6.92 Å². The predicted octanol–water partition coefficient (Wildman–Crippen LogP) is 3.21. The van der Waals surface area contributed by atoms with Gasteiger partial charge in [-0.2, -0.15) is 0 Å². The fraction of sp³-hybridized carbons (Fsp3) is 0.562. The van der Waals surface area contributed by atoms with Crippen molar-refractivity contribution in [3.05, 3.63) is 22.3 Å². The number of benzene rings is 1. The number of phenols is 1. The highest BCUT2D eigenvalue weighted by Gasteiger charge is 2.19. The van der Waals surface area contributed by atoms with Gasteiger partial charge in [-0.1, -0.05) is 0 Å². The Balaban J connectivity index is 3.20. The Morgan fingerprint density at radius 1 is 1.15 bits per heavy atom. The van der Waals surface area contributed by atoms with E-state index in [0.717, 1.165) is 28.0 Å². The largest absolute Gasteiger partial charge is 0.507 e. The van der Waals surface area contributed by atoms with Crippen LogP contribution >= 0.6 is 0 Å². The van der Waals surface area contributed by atoms with Crippen molar-refractivity contribution in [3.8, 4) is 11.5 Å². The molecule has 20 heavy (non-hydrogen) atoms. The second-order valence-corrected chi connectivity index (χ2v) is 5.29. The third kappa shape index (κ3) is 3.65. The first kappa shape index (κ1) is 16.3. The van der Waals surface area contributed by atoms with Crippen LogP contribution in [0, 0.1) is 20.8 Å². The maximum Gasteiger partial charge on any atom is 0.302 e. The maximum absolute atomic E-state index is 10.9. The van der Waals surface area contributed by atoms with Crippen LogP contribution in [0.3, 0.4) is 0 Å². The van der Waals surface area contributed by atoms with Gasteiger partial charge in [-0.05, 0) is 51.3 Å². The summed E-state index contributed by atoms with van der Waals surface area (Å²) in [4.78, 5) is 10.9. The zero-order valence-corrected chi connectivity index (χ0v) is 13.2. The molecule has 0 saturated carbocycles. The van der Waals surface area contributed by atoms with Gasteiger partial charge < -0.3 is 14.6 Å². The van der Waals surface area contributed by atoms with Gasteiger partial charge in [0, 0.05) is 18.9 Å². The summed E-state index contributed by atoms with van der Waals surface area (Å²) in [5.41, 5.74) is 3.45. The summed E-state index contributed by atoms with van der Waals surface area (Å²) in [5, 5.41) is 10.2. The maximum atomic E-state index is 10.9. The van der Waals surface area contributed by atoms with E-state index < -0.39 is 0 Å². The second kappa shape index (κ2) is 6.64. The lowest BCUT2D eigenvalue weighted by atomic mass is 9.95. The van der Waals surface area contributed by atoms with Crippen LogP contribution in [0.5, 0.6) is 11.5 Å². The minimum Gasteiger partial charge on any atom is -0.507 e. The van der Waals surface area contributed by atoms with Crippen LogP contribution in [-0.4, -0.2) is 23.8 Å². The molecule has 0 unspecified atom stereocenters. The molecule has 0 amide bonds. The Labute approximate surface area is 120 Å². The smallest absolute Gasteiger partial charge is 0.302 e. The fourth-order valence-electron chi connectivity index (χ4n) is 2.16. The predicted molar refractivity (Wildman–Crippen MR) is 78.4 cm³/mol. The van der Waals surface area contributed by atoms with Gasteiger partial charge in [-0.15, -0.1) is 0 Å². The van der Waals surface area contributed by atoms with E-state index in [0.29, 0.717) is 6.42 Å². The van der Waals surface area contributed by atoms with Gasteiger partial charge in [0.25, 0.3) is 0 Å². The Kier molecular flexibility index (Phi) is 5.43. The van der Waals surface area contributed by atoms with Crippen molar-refractivity contribution in [2.24, 2.45) is 0 Å². The molecule has 0 aliphatic carbocycles. The number of phenolic OH excluding ortho intramolecular Hbond substituents is 1. The van der Waals surface area contributed by atoms with Crippen LogP contribution in [-0.2, 0) is 16.0 Å². The normalized spacial score (nSPS) is 10.8. The number of hydrogen-bond donors (Lipinski definition) is 1. The summed E-state index contributed by atoms with van der Waals surface area (Å²) in [5.74, 6) is 0.776. The van der Waals surface area contributed by atoms with Crippen molar-refractivity contribution in [1.82, 2.24) is 0 Å². The molecule has 1 N–H and O–H groups in total. The molecule has 0 atom stereocenters. The molecule has 112 valence electrons. The molecule has 0 saturated heterocycles. The van der Waals surface area contributed by atoms with Gasteiger partial charge in [0.05, 0.1) is 12.7 Å². The minimum absolute atomic E-state index is 0.0459. The van der Waals surface area contributed by atoms with Crippen molar-refractivity contribution in [2.45, 2.75) is 54.1 Å². The minimum atomic E-state index is -0.304. The third-order valence-electron chi connectivity index (χ3n) is 3.35. The summed E-state index contributed by atoms with van der Waals surface area (Å²) in [6, 6.07) is 0. The van der Waals surface area contributed by atoms with Crippen LogP contribution in [0.2, 0.25) is 0 Å². The first-order valence-corrected chi connectivity index (χ1v) is 6.87. The summed E-state index contributed by atoms with van der Waals surface area (Å²) in [6.45, 7) is 11.3. The van der Waals surface area contributed by atoms with Gasteiger partial charge in [-0.25, -0.2) is 0 Å². The van der Waals surface area contributed by atoms with Crippen LogP contribution < -0.4 is 4.74 Å². The van der Waals surface area contributed by atoms with E-state index in [4.69, 9.17) is 9.47 Å². The molecule has 0 aromatic heterocycles. The highest BCUT2D eigenvalue weighted by molar-refractivity contribution is 5.66. The Morgan fingerprint density at radius 2 is 1.75 bits per heavy atom. The van der Waals surface area contributed by atoms with E-state index in [1.807, 2.05) is 34.6 Å². The molecule has 1 rings (SSSR count). The summed E-state index contributed by atoms with van der Waals surface area (Å²) in [7, 11) is 0. The van der Waals surface area contributed by atoms with Crippen LogP contribution in [0.25, 0.3) is 0 Å².